The van der Waals surface area contributed by atoms with Gasteiger partial charge >= 0.3 is 0 Å². The third kappa shape index (κ3) is 6.80. The van der Waals surface area contributed by atoms with Crippen molar-refractivity contribution >= 4 is 47.1 Å². The lowest BCUT2D eigenvalue weighted by Crippen LogP contribution is -2.18. The summed E-state index contributed by atoms with van der Waals surface area (Å²) in [6.07, 6.45) is 4.49. The van der Waals surface area contributed by atoms with Gasteiger partial charge in [0, 0.05) is 29.9 Å². The van der Waals surface area contributed by atoms with E-state index in [1.807, 2.05) is 36.3 Å². The number of hydrogen-bond donors (Lipinski definition) is 2. The van der Waals surface area contributed by atoms with Gasteiger partial charge in [-0.1, -0.05) is 55.4 Å². The summed E-state index contributed by atoms with van der Waals surface area (Å²) in [5, 5.41) is 12.2. The van der Waals surface area contributed by atoms with Crippen LogP contribution in [0.4, 0.5) is 11.4 Å². The molecule has 0 bridgehead atoms. The molecule has 34 heavy (non-hydrogen) atoms. The van der Waals surface area contributed by atoms with E-state index in [1.54, 1.807) is 48.7 Å². The topological polar surface area (TPSA) is 73.8 Å². The Morgan fingerprint density at radius 2 is 1.65 bits per heavy atom. The molecule has 0 aromatic heterocycles. The Hall–Kier alpha value is -3.90. The first-order valence-corrected chi connectivity index (χ1v) is 11.3. The van der Waals surface area contributed by atoms with E-state index < -0.39 is 0 Å². The Morgan fingerprint density at radius 3 is 2.29 bits per heavy atom. The number of nitrogens with one attached hydrogen (secondary N) is 2. The summed E-state index contributed by atoms with van der Waals surface area (Å²) in [5.41, 5.74) is 3.53. The Morgan fingerprint density at radius 1 is 0.971 bits per heavy atom. The zero-order valence-electron chi connectivity index (χ0n) is 19.2. The maximum atomic E-state index is 12.9. The number of hydrazone groups is 1. The van der Waals surface area contributed by atoms with Crippen molar-refractivity contribution in [2.45, 2.75) is 13.3 Å². The molecule has 2 amide bonds. The average Bonchev–Trinajstić information content (AvgIpc) is 2.84. The monoisotopic (exact) mass is 474 g/mol. The molecule has 3 rings (SSSR count). The van der Waals surface area contributed by atoms with Gasteiger partial charge in [-0.25, -0.2) is 0 Å². The molecule has 0 unspecified atom stereocenters. The van der Waals surface area contributed by atoms with Crippen LogP contribution in [0.1, 0.15) is 45.2 Å². The van der Waals surface area contributed by atoms with Gasteiger partial charge in [-0.2, -0.15) is 5.10 Å². The fraction of sp³-hybridized carbons (Fsp3) is 0.148. The van der Waals surface area contributed by atoms with Crippen molar-refractivity contribution in [2.75, 3.05) is 24.2 Å². The average molecular weight is 475 g/mol. The minimum absolute atomic E-state index is 0.261. The van der Waals surface area contributed by atoms with Crippen LogP contribution in [0.25, 0.3) is 6.08 Å². The van der Waals surface area contributed by atoms with Crippen molar-refractivity contribution in [2.24, 2.45) is 5.10 Å². The van der Waals surface area contributed by atoms with Gasteiger partial charge in [0.2, 0.25) is 0 Å². The molecule has 3 aromatic carbocycles. The SMILES string of the molecule is C=Cc1ccc(NC(=O)c2cc(Cl)ccc2NC(=O)c2ccc(C=NN(C)CCC)cc2)cc1. The standard InChI is InChI=1S/C27H27ClN4O2/c1-4-16-32(3)29-18-20-6-10-21(11-7-20)26(33)31-25-15-12-22(28)17-24(25)27(34)30-23-13-8-19(5-2)9-14-23/h5-15,17-18H,2,4,16H2,1,3H3,(H,30,34)(H,31,33). The van der Waals surface area contributed by atoms with Gasteiger partial charge in [0.05, 0.1) is 17.5 Å². The fourth-order valence-corrected chi connectivity index (χ4v) is 3.35. The molecule has 0 spiro atoms. The minimum Gasteiger partial charge on any atom is -0.322 e. The van der Waals surface area contributed by atoms with Gasteiger partial charge in [-0.15, -0.1) is 0 Å². The molecule has 0 heterocycles. The van der Waals surface area contributed by atoms with Gasteiger partial charge in [0.25, 0.3) is 11.8 Å². The van der Waals surface area contributed by atoms with Crippen LogP contribution in [-0.2, 0) is 0 Å². The van der Waals surface area contributed by atoms with Crippen LogP contribution >= 0.6 is 11.6 Å². The smallest absolute Gasteiger partial charge is 0.257 e. The third-order valence-corrected chi connectivity index (χ3v) is 5.24. The summed E-state index contributed by atoms with van der Waals surface area (Å²) < 4.78 is 0. The Balaban J connectivity index is 1.73. The van der Waals surface area contributed by atoms with E-state index in [-0.39, 0.29) is 17.4 Å². The maximum Gasteiger partial charge on any atom is 0.257 e. The summed E-state index contributed by atoms with van der Waals surface area (Å²) in [5.74, 6) is -0.717. The Labute approximate surface area is 204 Å². The van der Waals surface area contributed by atoms with E-state index in [0.29, 0.717) is 22.0 Å². The molecule has 0 fully saturated rings. The maximum absolute atomic E-state index is 12.9. The van der Waals surface area contributed by atoms with E-state index in [4.69, 9.17) is 11.6 Å². The quantitative estimate of drug-likeness (QED) is 0.288. The molecule has 0 aliphatic carbocycles. The van der Waals surface area contributed by atoms with Crippen molar-refractivity contribution in [3.63, 3.8) is 0 Å². The van der Waals surface area contributed by atoms with Crippen LogP contribution in [0.3, 0.4) is 0 Å². The number of anilines is 2. The van der Waals surface area contributed by atoms with E-state index in [1.165, 1.54) is 6.07 Å². The molecule has 0 saturated heterocycles. The van der Waals surface area contributed by atoms with E-state index in [9.17, 15) is 9.59 Å². The Bertz CT molecular complexity index is 1190. The normalized spacial score (nSPS) is 10.7. The minimum atomic E-state index is -0.382. The van der Waals surface area contributed by atoms with E-state index in [0.717, 1.165) is 24.1 Å². The predicted molar refractivity (Wildman–Crippen MR) is 141 cm³/mol. The fourth-order valence-electron chi connectivity index (χ4n) is 3.18. The second-order valence-corrected chi connectivity index (χ2v) is 8.11. The van der Waals surface area contributed by atoms with Crippen molar-refractivity contribution in [1.82, 2.24) is 5.01 Å². The van der Waals surface area contributed by atoms with E-state index >= 15 is 0 Å². The molecular weight excluding hydrogens is 448 g/mol. The van der Waals surface area contributed by atoms with Crippen LogP contribution in [0, 0.1) is 0 Å². The number of benzene rings is 3. The van der Waals surface area contributed by atoms with Crippen molar-refractivity contribution in [1.29, 1.82) is 0 Å². The highest BCUT2D eigenvalue weighted by Crippen LogP contribution is 2.23. The van der Waals surface area contributed by atoms with Gasteiger partial charge in [-0.05, 0) is 60.0 Å². The lowest BCUT2D eigenvalue weighted by Gasteiger charge is -2.13. The highest BCUT2D eigenvalue weighted by atomic mass is 35.5. The van der Waals surface area contributed by atoms with Crippen LogP contribution in [-0.4, -0.2) is 36.6 Å². The van der Waals surface area contributed by atoms with Crippen LogP contribution in [0.15, 0.2) is 78.4 Å². The van der Waals surface area contributed by atoms with Crippen LogP contribution in [0.2, 0.25) is 5.02 Å². The summed E-state index contributed by atoms with van der Waals surface area (Å²) in [7, 11) is 1.91. The number of carbonyl (C=O) groups excluding carboxylic acids is 2. The number of halogens is 1. The van der Waals surface area contributed by atoms with E-state index in [2.05, 4.69) is 29.2 Å². The Kier molecular flexibility index (Phi) is 8.60. The number of rotatable bonds is 9. The number of nitrogens with zero attached hydrogens (tertiary/aromatic N) is 2. The highest BCUT2D eigenvalue weighted by Gasteiger charge is 2.16. The molecule has 174 valence electrons. The molecule has 0 radical (unpaired) electrons. The largest absolute Gasteiger partial charge is 0.322 e. The predicted octanol–water partition coefficient (Wildman–Crippen LogP) is 6.16. The third-order valence-electron chi connectivity index (χ3n) is 5.00. The molecule has 0 aliphatic heterocycles. The molecule has 0 atom stereocenters. The highest BCUT2D eigenvalue weighted by molar-refractivity contribution is 6.31. The summed E-state index contributed by atoms with van der Waals surface area (Å²) in [6.45, 7) is 6.68. The first kappa shape index (κ1) is 24.7. The van der Waals surface area contributed by atoms with Gasteiger partial charge in [-0.3, -0.25) is 9.59 Å². The molecule has 2 N–H and O–H groups in total. The second kappa shape index (κ2) is 11.8. The van der Waals surface area contributed by atoms with Crippen molar-refractivity contribution < 1.29 is 9.59 Å². The molecule has 6 nitrogen and oxygen atoms in total. The lowest BCUT2D eigenvalue weighted by molar-refractivity contribution is 0.102. The molecule has 7 heteroatoms. The van der Waals surface area contributed by atoms with Gasteiger partial charge < -0.3 is 15.6 Å². The first-order valence-electron chi connectivity index (χ1n) is 10.9. The number of hydrogen-bond acceptors (Lipinski definition) is 4. The van der Waals surface area contributed by atoms with Gasteiger partial charge in [0.1, 0.15) is 0 Å². The molecular formula is C27H27ClN4O2. The molecule has 0 aliphatic rings. The zero-order valence-corrected chi connectivity index (χ0v) is 20.0. The van der Waals surface area contributed by atoms with Crippen LogP contribution < -0.4 is 10.6 Å². The van der Waals surface area contributed by atoms with Crippen molar-refractivity contribution in [3.05, 3.63) is 101 Å². The summed E-state index contributed by atoms with van der Waals surface area (Å²) in [6, 6.07) is 19.1. The van der Waals surface area contributed by atoms with Crippen LogP contribution in [0.5, 0.6) is 0 Å². The zero-order chi connectivity index (χ0) is 24.5. The lowest BCUT2D eigenvalue weighted by atomic mass is 10.1. The number of amides is 2. The molecule has 0 saturated carbocycles. The molecule has 3 aromatic rings. The number of carbonyl (C=O) groups is 2. The second-order valence-electron chi connectivity index (χ2n) is 7.67. The first-order chi connectivity index (χ1) is 16.4. The van der Waals surface area contributed by atoms with Crippen molar-refractivity contribution in [3.8, 4) is 0 Å². The van der Waals surface area contributed by atoms with Gasteiger partial charge in [0.15, 0.2) is 0 Å². The summed E-state index contributed by atoms with van der Waals surface area (Å²) in [4.78, 5) is 25.8. The summed E-state index contributed by atoms with van der Waals surface area (Å²) >= 11 is 6.13.